The minimum absolute atomic E-state index is 0.0168. The number of Topliss-reactive ketones (excluding diaryl/α,β-unsaturated/α-hetero) is 2. The van der Waals surface area contributed by atoms with Gasteiger partial charge in [0.25, 0.3) is 0 Å². The van der Waals surface area contributed by atoms with Gasteiger partial charge in [0.15, 0.2) is 5.78 Å². The lowest BCUT2D eigenvalue weighted by Gasteiger charge is -2.39. The van der Waals surface area contributed by atoms with Gasteiger partial charge in [-0.2, -0.15) is 0 Å². The Morgan fingerprint density at radius 2 is 1.57 bits per heavy atom. The molecule has 3 aromatic carbocycles. The number of ketones is 2. The van der Waals surface area contributed by atoms with E-state index in [1.807, 2.05) is 62.4 Å². The monoisotopic (exact) mass is 657 g/mol. The van der Waals surface area contributed by atoms with Crippen LogP contribution >= 0.6 is 11.6 Å². The zero-order valence-corrected chi connectivity index (χ0v) is 28.5. The topological polar surface area (TPSA) is 88.5 Å². The highest BCUT2D eigenvalue weighted by molar-refractivity contribution is 6.46. The molecule has 0 bridgehead atoms. The van der Waals surface area contributed by atoms with Crippen molar-refractivity contribution in [3.63, 3.8) is 0 Å². The first-order chi connectivity index (χ1) is 22.7. The summed E-state index contributed by atoms with van der Waals surface area (Å²) in [6, 6.07) is 22.0. The minimum Gasteiger partial charge on any atom is -0.379 e. The van der Waals surface area contributed by atoms with Gasteiger partial charge in [-0.05, 0) is 60.8 Å². The van der Waals surface area contributed by atoms with Crippen LogP contribution in [-0.2, 0) is 14.4 Å². The van der Waals surface area contributed by atoms with Crippen molar-refractivity contribution in [3.8, 4) is 11.1 Å². The van der Waals surface area contributed by atoms with Crippen LogP contribution in [0.25, 0.3) is 11.1 Å². The minimum atomic E-state index is -0.645. The Morgan fingerprint density at radius 1 is 0.915 bits per heavy atom. The number of carbonyl (C=O) groups is 3. The molecule has 0 amide bonds. The summed E-state index contributed by atoms with van der Waals surface area (Å²) in [6.45, 7) is 13.1. The van der Waals surface area contributed by atoms with Crippen molar-refractivity contribution in [1.82, 2.24) is 9.80 Å². The SMILES string of the molecule is CCN(CC)CC/C(=N\OC(=O)CCCl)C(=O)c1ccc(C2c3ccccc3-c3cc(C(=O)C(C)(C)N4CCOCC4)ccc32)cc1. The van der Waals surface area contributed by atoms with Crippen molar-refractivity contribution >= 4 is 34.8 Å². The van der Waals surface area contributed by atoms with Gasteiger partial charge in [0.2, 0.25) is 5.78 Å². The number of nitrogens with zero attached hydrogens (tertiary/aromatic N) is 3. The summed E-state index contributed by atoms with van der Waals surface area (Å²) < 4.78 is 5.52. The highest BCUT2D eigenvalue weighted by Crippen LogP contribution is 2.48. The maximum absolute atomic E-state index is 13.9. The van der Waals surface area contributed by atoms with E-state index in [1.54, 1.807) is 0 Å². The Kier molecular flexibility index (Phi) is 11.4. The van der Waals surface area contributed by atoms with Gasteiger partial charge in [-0.15, -0.1) is 11.6 Å². The average molecular weight is 658 g/mol. The number of hydrogen-bond donors (Lipinski definition) is 0. The molecule has 0 spiro atoms. The number of halogens is 1. The Bertz CT molecular complexity index is 1620. The molecule has 0 saturated carbocycles. The second-order valence-electron chi connectivity index (χ2n) is 12.5. The molecule has 47 heavy (non-hydrogen) atoms. The van der Waals surface area contributed by atoms with E-state index in [4.69, 9.17) is 21.2 Å². The summed E-state index contributed by atoms with van der Waals surface area (Å²) in [6.07, 6.45) is 0.367. The van der Waals surface area contributed by atoms with Gasteiger partial charge in [0, 0.05) is 49.0 Å². The molecule has 9 heteroatoms. The molecular formula is C38H44ClN3O5. The molecule has 5 rings (SSSR count). The largest absolute Gasteiger partial charge is 0.379 e. The van der Waals surface area contributed by atoms with Crippen LogP contribution in [0.1, 0.15) is 83.9 Å². The smallest absolute Gasteiger partial charge is 0.336 e. The number of alkyl halides is 1. The van der Waals surface area contributed by atoms with Crippen LogP contribution in [0, 0.1) is 0 Å². The normalized spacial score (nSPS) is 16.6. The van der Waals surface area contributed by atoms with Crippen LogP contribution in [-0.4, -0.2) is 90.4 Å². The van der Waals surface area contributed by atoms with Crippen molar-refractivity contribution in [1.29, 1.82) is 0 Å². The first-order valence-corrected chi connectivity index (χ1v) is 17.0. The zero-order chi connectivity index (χ0) is 33.6. The number of hydrogen-bond acceptors (Lipinski definition) is 8. The number of oxime groups is 1. The second kappa shape index (κ2) is 15.5. The Hall–Kier alpha value is -3.69. The molecule has 2 aliphatic rings. The second-order valence-corrected chi connectivity index (χ2v) is 12.9. The molecule has 1 saturated heterocycles. The van der Waals surface area contributed by atoms with E-state index in [0.29, 0.717) is 37.3 Å². The van der Waals surface area contributed by atoms with E-state index in [0.717, 1.165) is 54.0 Å². The molecule has 1 unspecified atom stereocenters. The predicted molar refractivity (Wildman–Crippen MR) is 186 cm³/mol. The molecule has 1 aliphatic carbocycles. The summed E-state index contributed by atoms with van der Waals surface area (Å²) >= 11 is 5.67. The highest BCUT2D eigenvalue weighted by Gasteiger charge is 2.37. The van der Waals surface area contributed by atoms with Gasteiger partial charge in [0.1, 0.15) is 5.71 Å². The van der Waals surface area contributed by atoms with E-state index in [-0.39, 0.29) is 35.5 Å². The van der Waals surface area contributed by atoms with Gasteiger partial charge in [0.05, 0.1) is 25.2 Å². The van der Waals surface area contributed by atoms with Crippen LogP contribution < -0.4 is 0 Å². The van der Waals surface area contributed by atoms with Crippen LogP contribution in [0.3, 0.4) is 0 Å². The molecule has 1 atom stereocenters. The molecule has 1 heterocycles. The number of ether oxygens (including phenoxy) is 1. The van der Waals surface area contributed by atoms with E-state index < -0.39 is 11.5 Å². The van der Waals surface area contributed by atoms with E-state index >= 15 is 0 Å². The fraction of sp³-hybridized carbons (Fsp3) is 0.421. The molecule has 3 aromatic rings. The van der Waals surface area contributed by atoms with Crippen molar-refractivity contribution < 1.29 is 24.0 Å². The summed E-state index contributed by atoms with van der Waals surface area (Å²) in [7, 11) is 0. The number of benzene rings is 3. The van der Waals surface area contributed by atoms with Gasteiger partial charge in [-0.3, -0.25) is 14.5 Å². The molecule has 8 nitrogen and oxygen atoms in total. The van der Waals surface area contributed by atoms with Gasteiger partial charge in [-0.1, -0.05) is 79.7 Å². The lowest BCUT2D eigenvalue weighted by molar-refractivity contribution is -0.143. The molecule has 248 valence electrons. The maximum atomic E-state index is 13.9. The van der Waals surface area contributed by atoms with Crippen molar-refractivity contribution in [2.24, 2.45) is 5.16 Å². The lowest BCUT2D eigenvalue weighted by Crippen LogP contribution is -2.54. The predicted octanol–water partition coefficient (Wildman–Crippen LogP) is 6.58. The molecule has 1 aliphatic heterocycles. The fourth-order valence-corrected chi connectivity index (χ4v) is 6.70. The Morgan fingerprint density at radius 3 is 2.26 bits per heavy atom. The Labute approximate surface area is 282 Å². The number of rotatable bonds is 14. The summed E-state index contributed by atoms with van der Waals surface area (Å²) in [5.41, 5.74) is 6.20. The maximum Gasteiger partial charge on any atom is 0.336 e. The van der Waals surface area contributed by atoms with Crippen molar-refractivity contribution in [2.45, 2.75) is 52.0 Å². The van der Waals surface area contributed by atoms with Crippen molar-refractivity contribution in [3.05, 3.63) is 94.5 Å². The summed E-state index contributed by atoms with van der Waals surface area (Å²) in [5.74, 6) is -0.681. The quantitative estimate of drug-likeness (QED) is 0.0497. The standard InChI is InChI=1S/C38H44ClN3O5/c1-5-41(6-2)20-18-33(40-47-34(43)17-19-39)36(44)27-13-11-26(12-14-27)35-30-10-8-7-9-29(30)32-25-28(15-16-31(32)35)37(45)38(3,4)42-21-23-46-24-22-42/h7-16,25,35H,5-6,17-24H2,1-4H3/b40-33+. The first kappa shape index (κ1) is 34.6. The third kappa shape index (κ3) is 7.57. The van der Waals surface area contributed by atoms with Crippen molar-refractivity contribution in [2.75, 3.05) is 51.8 Å². The molecule has 1 fully saturated rings. The number of carbonyl (C=O) groups excluding carboxylic acids is 3. The summed E-state index contributed by atoms with van der Waals surface area (Å²) in [5, 5.41) is 3.98. The van der Waals surface area contributed by atoms with E-state index in [1.165, 1.54) is 0 Å². The molecule has 0 N–H and O–H groups in total. The average Bonchev–Trinajstić information content (AvgIpc) is 3.43. The van der Waals surface area contributed by atoms with E-state index in [2.05, 4.69) is 47.0 Å². The third-order valence-corrected chi connectivity index (χ3v) is 9.62. The highest BCUT2D eigenvalue weighted by atomic mass is 35.5. The van der Waals surface area contributed by atoms with Crippen LogP contribution in [0.4, 0.5) is 0 Å². The van der Waals surface area contributed by atoms with Gasteiger partial charge >= 0.3 is 5.97 Å². The van der Waals surface area contributed by atoms with E-state index in [9.17, 15) is 14.4 Å². The fourth-order valence-electron chi connectivity index (χ4n) is 6.55. The van der Waals surface area contributed by atoms with Crippen LogP contribution in [0.15, 0.2) is 71.9 Å². The third-order valence-electron chi connectivity index (χ3n) is 9.43. The summed E-state index contributed by atoms with van der Waals surface area (Å²) in [4.78, 5) is 48.9. The van der Waals surface area contributed by atoms with Gasteiger partial charge < -0.3 is 14.5 Å². The lowest BCUT2D eigenvalue weighted by atomic mass is 9.86. The van der Waals surface area contributed by atoms with Crippen LogP contribution in [0.5, 0.6) is 0 Å². The molecular weight excluding hydrogens is 614 g/mol. The van der Waals surface area contributed by atoms with Gasteiger partial charge in [-0.25, -0.2) is 4.79 Å². The zero-order valence-electron chi connectivity index (χ0n) is 27.8. The Balaban J connectivity index is 1.42. The molecule has 0 aromatic heterocycles. The number of fused-ring (bicyclic) bond motifs is 3. The van der Waals surface area contributed by atoms with Crippen LogP contribution in [0.2, 0.25) is 0 Å². The first-order valence-electron chi connectivity index (χ1n) is 16.5. The number of morpholine rings is 1. The molecule has 0 radical (unpaired) electrons.